The molecule has 24 heavy (non-hydrogen) atoms. The Kier molecular flexibility index (Phi) is 8.29. The van der Waals surface area contributed by atoms with Crippen LogP contribution in [0.25, 0.3) is 0 Å². The highest BCUT2D eigenvalue weighted by Gasteiger charge is 2.53. The van der Waals surface area contributed by atoms with E-state index < -0.39 is 0 Å². The minimum Gasteiger partial charge on any atom is -0.458 e. The molecule has 0 aromatic heterocycles. The number of hydrogen-bond donors (Lipinski definition) is 0. The maximum atomic E-state index is 13.0. The summed E-state index contributed by atoms with van der Waals surface area (Å²) in [6.45, 7) is 13.0. The third-order valence-corrected chi connectivity index (χ3v) is 6.54. The van der Waals surface area contributed by atoms with Gasteiger partial charge in [0.05, 0.1) is 5.41 Å². The van der Waals surface area contributed by atoms with Crippen molar-refractivity contribution in [1.29, 1.82) is 0 Å². The molecule has 0 amide bonds. The predicted molar refractivity (Wildman–Crippen MR) is 103 cm³/mol. The summed E-state index contributed by atoms with van der Waals surface area (Å²) in [5.41, 5.74) is -0.428. The molecule has 1 aliphatic carbocycles. The second-order valence-electron chi connectivity index (χ2n) is 8.71. The first-order valence-electron chi connectivity index (χ1n) is 10.6. The van der Waals surface area contributed by atoms with Crippen LogP contribution < -0.4 is 0 Å². The van der Waals surface area contributed by atoms with Gasteiger partial charge < -0.3 is 4.74 Å². The van der Waals surface area contributed by atoms with Crippen molar-refractivity contribution >= 4 is 5.97 Å². The minimum atomic E-state index is -0.374. The lowest BCUT2D eigenvalue weighted by Crippen LogP contribution is -2.54. The fourth-order valence-corrected chi connectivity index (χ4v) is 4.82. The summed E-state index contributed by atoms with van der Waals surface area (Å²) >= 11 is 0. The highest BCUT2D eigenvalue weighted by Crippen LogP contribution is 2.54. The number of carbonyl (C=O) groups is 1. The first-order valence-corrected chi connectivity index (χ1v) is 10.6. The van der Waals surface area contributed by atoms with Crippen LogP contribution in [0.5, 0.6) is 0 Å². The second kappa shape index (κ2) is 9.25. The molecule has 1 rings (SSSR count). The molecule has 0 spiro atoms. The highest BCUT2D eigenvalue weighted by molar-refractivity contribution is 5.76. The van der Waals surface area contributed by atoms with E-state index in [1.807, 2.05) is 13.8 Å². The average Bonchev–Trinajstić information content (AvgIpc) is 2.56. The standard InChI is InChI=1S/C22H42O2/c1-7-14-21(15-8-2,16-9-3)22(17-12-11-13-18-22)24-19(23)20(5,6)10-4/h7-18H2,1-6H3. The van der Waals surface area contributed by atoms with Crippen molar-refractivity contribution in [2.75, 3.05) is 0 Å². The number of esters is 1. The predicted octanol–water partition coefficient (Wildman–Crippen LogP) is 7.06. The molecule has 0 heterocycles. The monoisotopic (exact) mass is 338 g/mol. The van der Waals surface area contributed by atoms with Crippen molar-refractivity contribution < 1.29 is 9.53 Å². The summed E-state index contributed by atoms with van der Waals surface area (Å²) in [5.74, 6) is 0.0274. The van der Waals surface area contributed by atoms with Crippen LogP contribution in [0.15, 0.2) is 0 Å². The van der Waals surface area contributed by atoms with Crippen molar-refractivity contribution in [2.45, 2.75) is 124 Å². The number of carbonyl (C=O) groups excluding carboxylic acids is 1. The third-order valence-electron chi connectivity index (χ3n) is 6.54. The topological polar surface area (TPSA) is 26.3 Å². The SMILES string of the molecule is CCCC(CCC)(CCC)C1(OC(=O)C(C)(C)CC)CCCCC1. The van der Waals surface area contributed by atoms with E-state index in [1.54, 1.807) is 0 Å². The van der Waals surface area contributed by atoms with Crippen LogP contribution in [-0.2, 0) is 9.53 Å². The summed E-state index contributed by atoms with van der Waals surface area (Å²) in [6.07, 6.45) is 13.8. The van der Waals surface area contributed by atoms with Gasteiger partial charge in [0.25, 0.3) is 0 Å². The molecule has 0 aromatic carbocycles. The van der Waals surface area contributed by atoms with E-state index in [0.29, 0.717) is 0 Å². The molecule has 0 aliphatic heterocycles. The first kappa shape index (κ1) is 21.5. The molecule has 0 N–H and O–H groups in total. The van der Waals surface area contributed by atoms with Gasteiger partial charge in [0.1, 0.15) is 5.60 Å². The van der Waals surface area contributed by atoms with Gasteiger partial charge >= 0.3 is 5.97 Å². The van der Waals surface area contributed by atoms with Crippen LogP contribution in [0.1, 0.15) is 119 Å². The van der Waals surface area contributed by atoms with E-state index >= 15 is 0 Å². The van der Waals surface area contributed by atoms with E-state index in [1.165, 1.54) is 57.8 Å². The van der Waals surface area contributed by atoms with Crippen molar-refractivity contribution in [1.82, 2.24) is 0 Å². The summed E-state index contributed by atoms with van der Waals surface area (Å²) < 4.78 is 6.52. The molecule has 0 saturated heterocycles. The lowest BCUT2D eigenvalue weighted by Gasteiger charge is -2.53. The Balaban J connectivity index is 3.25. The van der Waals surface area contributed by atoms with Gasteiger partial charge in [0.2, 0.25) is 0 Å². The van der Waals surface area contributed by atoms with Gasteiger partial charge in [-0.05, 0) is 65.2 Å². The van der Waals surface area contributed by atoms with Crippen molar-refractivity contribution in [3.8, 4) is 0 Å². The third kappa shape index (κ3) is 4.55. The molecule has 2 nitrogen and oxygen atoms in total. The van der Waals surface area contributed by atoms with Gasteiger partial charge in [0.15, 0.2) is 0 Å². The van der Waals surface area contributed by atoms with Crippen LogP contribution in [0.2, 0.25) is 0 Å². The molecule has 1 aliphatic rings. The zero-order chi connectivity index (χ0) is 18.3. The lowest BCUT2D eigenvalue weighted by atomic mass is 9.59. The normalized spacial score (nSPS) is 18.4. The van der Waals surface area contributed by atoms with Crippen LogP contribution in [0.3, 0.4) is 0 Å². The zero-order valence-corrected chi connectivity index (χ0v) is 17.3. The second-order valence-corrected chi connectivity index (χ2v) is 8.71. The van der Waals surface area contributed by atoms with Crippen molar-refractivity contribution in [2.24, 2.45) is 10.8 Å². The van der Waals surface area contributed by atoms with Gasteiger partial charge in [0, 0.05) is 5.41 Å². The number of ether oxygens (including phenoxy) is 1. The molecular weight excluding hydrogens is 296 g/mol. The number of rotatable bonds is 10. The first-order chi connectivity index (χ1) is 11.3. The molecule has 1 fully saturated rings. The van der Waals surface area contributed by atoms with E-state index in [4.69, 9.17) is 4.74 Å². The van der Waals surface area contributed by atoms with Crippen LogP contribution >= 0.6 is 0 Å². The van der Waals surface area contributed by atoms with Crippen LogP contribution in [-0.4, -0.2) is 11.6 Å². The van der Waals surface area contributed by atoms with E-state index in [9.17, 15) is 4.79 Å². The zero-order valence-electron chi connectivity index (χ0n) is 17.3. The fourth-order valence-electron chi connectivity index (χ4n) is 4.82. The quantitative estimate of drug-likeness (QED) is 0.399. The Morgan fingerprint density at radius 3 is 1.71 bits per heavy atom. The Hall–Kier alpha value is -0.530. The van der Waals surface area contributed by atoms with Crippen LogP contribution in [0.4, 0.5) is 0 Å². The van der Waals surface area contributed by atoms with Gasteiger partial charge in [-0.1, -0.05) is 53.4 Å². The van der Waals surface area contributed by atoms with E-state index in [-0.39, 0.29) is 22.4 Å². The highest BCUT2D eigenvalue weighted by atomic mass is 16.6. The Morgan fingerprint density at radius 1 is 0.875 bits per heavy atom. The minimum absolute atomic E-state index is 0.0274. The Morgan fingerprint density at radius 2 is 1.33 bits per heavy atom. The van der Waals surface area contributed by atoms with Crippen molar-refractivity contribution in [3.63, 3.8) is 0 Å². The molecule has 0 atom stereocenters. The summed E-state index contributed by atoms with van der Waals surface area (Å²) in [6, 6.07) is 0. The average molecular weight is 339 g/mol. The smallest absolute Gasteiger partial charge is 0.312 e. The summed E-state index contributed by atoms with van der Waals surface area (Å²) in [7, 11) is 0. The lowest BCUT2D eigenvalue weighted by molar-refractivity contribution is -0.200. The summed E-state index contributed by atoms with van der Waals surface area (Å²) in [5, 5.41) is 0. The molecule has 142 valence electrons. The Labute approximate surface area is 151 Å². The van der Waals surface area contributed by atoms with Gasteiger partial charge in [-0.15, -0.1) is 0 Å². The Bertz CT molecular complexity index is 360. The maximum Gasteiger partial charge on any atom is 0.312 e. The fraction of sp³-hybridized carbons (Fsp3) is 0.955. The molecule has 1 saturated carbocycles. The molecule has 2 heteroatoms. The van der Waals surface area contributed by atoms with E-state index in [2.05, 4.69) is 27.7 Å². The van der Waals surface area contributed by atoms with Crippen LogP contribution in [0, 0.1) is 10.8 Å². The van der Waals surface area contributed by atoms with E-state index in [0.717, 1.165) is 19.3 Å². The molecule has 0 radical (unpaired) electrons. The van der Waals surface area contributed by atoms with Crippen molar-refractivity contribution in [3.05, 3.63) is 0 Å². The number of hydrogen-bond acceptors (Lipinski definition) is 2. The van der Waals surface area contributed by atoms with Gasteiger partial charge in [-0.25, -0.2) is 0 Å². The summed E-state index contributed by atoms with van der Waals surface area (Å²) in [4.78, 5) is 13.0. The molecular formula is C22H42O2. The molecule has 0 bridgehead atoms. The van der Waals surface area contributed by atoms with Gasteiger partial charge in [-0.3, -0.25) is 4.79 Å². The molecule has 0 aromatic rings. The largest absolute Gasteiger partial charge is 0.458 e. The van der Waals surface area contributed by atoms with Gasteiger partial charge in [-0.2, -0.15) is 0 Å². The maximum absolute atomic E-state index is 13.0. The molecule has 0 unspecified atom stereocenters.